The van der Waals surface area contributed by atoms with Crippen molar-refractivity contribution in [2.75, 3.05) is 10.6 Å². The lowest BCUT2D eigenvalue weighted by molar-refractivity contribution is 0.102. The molecule has 3 aromatic rings. The van der Waals surface area contributed by atoms with Gasteiger partial charge in [-0.15, -0.1) is 0 Å². The molecule has 3 rings (SSSR count). The van der Waals surface area contributed by atoms with Crippen LogP contribution in [0.1, 0.15) is 42.6 Å². The van der Waals surface area contributed by atoms with Gasteiger partial charge in [-0.25, -0.2) is 9.97 Å². The Morgan fingerprint density at radius 2 is 1.66 bits per heavy atom. The second kappa shape index (κ2) is 9.19. The minimum absolute atomic E-state index is 0.123. The van der Waals surface area contributed by atoms with Gasteiger partial charge in [-0.2, -0.15) is 0 Å². The van der Waals surface area contributed by atoms with E-state index in [0.717, 1.165) is 23.5 Å². The highest BCUT2D eigenvalue weighted by Gasteiger charge is 2.11. The molecule has 29 heavy (non-hydrogen) atoms. The van der Waals surface area contributed by atoms with Crippen molar-refractivity contribution in [1.82, 2.24) is 9.97 Å². The zero-order valence-electron chi connectivity index (χ0n) is 17.2. The molecule has 0 aliphatic heterocycles. The van der Waals surface area contributed by atoms with Crippen molar-refractivity contribution in [1.29, 1.82) is 0 Å². The van der Waals surface area contributed by atoms with Gasteiger partial charge < -0.3 is 15.4 Å². The van der Waals surface area contributed by atoms with E-state index in [4.69, 9.17) is 4.74 Å². The Morgan fingerprint density at radius 1 is 1.00 bits per heavy atom. The molecule has 6 nitrogen and oxygen atoms in total. The molecule has 0 unspecified atom stereocenters. The SMILES string of the molecule is CCc1ccc(NC(=O)c2cc(Nc3ccc(OC(C)C)cc3)nc(C)n2)cc1. The number of hydrogen-bond donors (Lipinski definition) is 2. The Kier molecular flexibility index (Phi) is 6.44. The Hall–Kier alpha value is -3.41. The molecule has 1 heterocycles. The Labute approximate surface area is 171 Å². The fourth-order valence-corrected chi connectivity index (χ4v) is 2.80. The minimum Gasteiger partial charge on any atom is -0.491 e. The summed E-state index contributed by atoms with van der Waals surface area (Å²) in [5.74, 6) is 1.60. The summed E-state index contributed by atoms with van der Waals surface area (Å²) in [5, 5.41) is 6.09. The third-order valence-electron chi connectivity index (χ3n) is 4.19. The van der Waals surface area contributed by atoms with E-state index in [1.54, 1.807) is 13.0 Å². The largest absolute Gasteiger partial charge is 0.491 e. The monoisotopic (exact) mass is 390 g/mol. The molecule has 150 valence electrons. The van der Waals surface area contributed by atoms with Crippen LogP contribution in [-0.4, -0.2) is 22.0 Å². The summed E-state index contributed by atoms with van der Waals surface area (Å²) in [6.07, 6.45) is 1.08. The third kappa shape index (κ3) is 5.78. The van der Waals surface area contributed by atoms with Crippen LogP contribution >= 0.6 is 0 Å². The van der Waals surface area contributed by atoms with Crippen molar-refractivity contribution in [3.63, 3.8) is 0 Å². The maximum atomic E-state index is 12.6. The fraction of sp³-hybridized carbons (Fsp3) is 0.261. The summed E-state index contributed by atoms with van der Waals surface area (Å²) in [6.45, 7) is 7.83. The molecular formula is C23H26N4O2. The van der Waals surface area contributed by atoms with Gasteiger partial charge in [0.1, 0.15) is 23.1 Å². The molecule has 1 aromatic heterocycles. The van der Waals surface area contributed by atoms with Crippen LogP contribution in [0.4, 0.5) is 17.2 Å². The van der Waals surface area contributed by atoms with Gasteiger partial charge in [0.25, 0.3) is 5.91 Å². The first kappa shape index (κ1) is 20.3. The smallest absolute Gasteiger partial charge is 0.274 e. The number of anilines is 3. The Balaban J connectivity index is 1.72. The molecule has 0 radical (unpaired) electrons. The average Bonchev–Trinajstić information content (AvgIpc) is 2.69. The van der Waals surface area contributed by atoms with Gasteiger partial charge in [0.05, 0.1) is 6.10 Å². The van der Waals surface area contributed by atoms with Crippen LogP contribution in [-0.2, 0) is 6.42 Å². The van der Waals surface area contributed by atoms with E-state index in [1.807, 2.05) is 62.4 Å². The maximum Gasteiger partial charge on any atom is 0.274 e. The molecule has 0 saturated heterocycles. The quantitative estimate of drug-likeness (QED) is 0.585. The second-order valence-electron chi connectivity index (χ2n) is 7.01. The van der Waals surface area contributed by atoms with Gasteiger partial charge in [0.15, 0.2) is 0 Å². The molecule has 0 atom stereocenters. The van der Waals surface area contributed by atoms with E-state index in [0.29, 0.717) is 17.3 Å². The molecular weight excluding hydrogens is 364 g/mol. The summed E-state index contributed by atoms with van der Waals surface area (Å²) < 4.78 is 5.65. The van der Waals surface area contributed by atoms with E-state index in [2.05, 4.69) is 27.5 Å². The fourth-order valence-electron chi connectivity index (χ4n) is 2.80. The third-order valence-corrected chi connectivity index (χ3v) is 4.19. The van der Waals surface area contributed by atoms with Crippen molar-refractivity contribution >= 4 is 23.1 Å². The summed E-state index contributed by atoms with van der Waals surface area (Å²) in [5.41, 5.74) is 3.11. The van der Waals surface area contributed by atoms with E-state index >= 15 is 0 Å². The lowest BCUT2D eigenvalue weighted by atomic mass is 10.1. The number of hydrogen-bond acceptors (Lipinski definition) is 5. The number of carbonyl (C=O) groups is 1. The van der Waals surface area contributed by atoms with Crippen LogP contribution in [0.5, 0.6) is 5.75 Å². The molecule has 6 heteroatoms. The van der Waals surface area contributed by atoms with Crippen LogP contribution in [0.15, 0.2) is 54.6 Å². The average molecular weight is 390 g/mol. The highest BCUT2D eigenvalue weighted by molar-refractivity contribution is 6.03. The molecule has 1 amide bonds. The highest BCUT2D eigenvalue weighted by Crippen LogP contribution is 2.21. The number of ether oxygens (including phenoxy) is 1. The molecule has 0 aliphatic carbocycles. The highest BCUT2D eigenvalue weighted by atomic mass is 16.5. The Bertz CT molecular complexity index is 967. The molecule has 0 saturated carbocycles. The molecule has 0 aliphatic rings. The standard InChI is InChI=1S/C23H26N4O2/c1-5-17-6-8-19(9-7-17)27-23(28)21-14-22(25-16(4)24-21)26-18-10-12-20(13-11-18)29-15(2)3/h6-15H,5H2,1-4H3,(H,27,28)(H,24,25,26). The first-order valence-corrected chi connectivity index (χ1v) is 9.72. The summed E-state index contributed by atoms with van der Waals surface area (Å²) in [7, 11) is 0. The van der Waals surface area contributed by atoms with Gasteiger partial charge in [-0.3, -0.25) is 4.79 Å². The first-order valence-electron chi connectivity index (χ1n) is 9.72. The molecule has 0 spiro atoms. The number of carbonyl (C=O) groups excluding carboxylic acids is 1. The molecule has 0 bridgehead atoms. The number of rotatable bonds is 7. The van der Waals surface area contributed by atoms with E-state index in [-0.39, 0.29) is 12.0 Å². The van der Waals surface area contributed by atoms with Gasteiger partial charge in [0, 0.05) is 17.4 Å². The van der Waals surface area contributed by atoms with Gasteiger partial charge in [0.2, 0.25) is 0 Å². The molecule has 0 fully saturated rings. The van der Waals surface area contributed by atoms with Gasteiger partial charge in [-0.1, -0.05) is 19.1 Å². The van der Waals surface area contributed by atoms with Crippen LogP contribution in [0.2, 0.25) is 0 Å². The van der Waals surface area contributed by atoms with Gasteiger partial charge >= 0.3 is 0 Å². The summed E-state index contributed by atoms with van der Waals surface area (Å²) in [6, 6.07) is 17.0. The number of amides is 1. The minimum atomic E-state index is -0.275. The van der Waals surface area contributed by atoms with Crippen LogP contribution < -0.4 is 15.4 Å². The predicted molar refractivity (Wildman–Crippen MR) is 116 cm³/mol. The normalized spacial score (nSPS) is 10.7. The van der Waals surface area contributed by atoms with Crippen molar-refractivity contribution < 1.29 is 9.53 Å². The van der Waals surface area contributed by atoms with Crippen LogP contribution in [0.3, 0.4) is 0 Å². The lowest BCUT2D eigenvalue weighted by Gasteiger charge is -2.12. The van der Waals surface area contributed by atoms with E-state index in [9.17, 15) is 4.79 Å². The van der Waals surface area contributed by atoms with Crippen molar-refractivity contribution in [2.24, 2.45) is 0 Å². The number of nitrogens with zero attached hydrogens (tertiary/aromatic N) is 2. The summed E-state index contributed by atoms with van der Waals surface area (Å²) in [4.78, 5) is 21.3. The van der Waals surface area contributed by atoms with Gasteiger partial charge in [-0.05, 0) is 69.2 Å². The van der Waals surface area contributed by atoms with E-state index < -0.39 is 0 Å². The zero-order chi connectivity index (χ0) is 20.8. The number of aryl methyl sites for hydroxylation is 2. The predicted octanol–water partition coefficient (Wildman–Crippen LogP) is 5.13. The lowest BCUT2D eigenvalue weighted by Crippen LogP contribution is -2.15. The maximum absolute atomic E-state index is 12.6. The number of benzene rings is 2. The van der Waals surface area contributed by atoms with Crippen molar-refractivity contribution in [2.45, 2.75) is 40.2 Å². The van der Waals surface area contributed by atoms with Crippen LogP contribution in [0, 0.1) is 6.92 Å². The van der Waals surface area contributed by atoms with Crippen molar-refractivity contribution in [3.05, 3.63) is 71.7 Å². The second-order valence-corrected chi connectivity index (χ2v) is 7.01. The summed E-state index contributed by atoms with van der Waals surface area (Å²) >= 11 is 0. The molecule has 2 N–H and O–H groups in total. The topological polar surface area (TPSA) is 76.1 Å². The number of aromatic nitrogens is 2. The Morgan fingerprint density at radius 3 is 2.28 bits per heavy atom. The first-order chi connectivity index (χ1) is 13.9. The van der Waals surface area contributed by atoms with E-state index in [1.165, 1.54) is 5.56 Å². The zero-order valence-corrected chi connectivity index (χ0v) is 17.2. The molecule has 2 aromatic carbocycles. The van der Waals surface area contributed by atoms with Crippen molar-refractivity contribution in [3.8, 4) is 5.75 Å². The van der Waals surface area contributed by atoms with Crippen LogP contribution in [0.25, 0.3) is 0 Å². The number of nitrogens with one attached hydrogen (secondary N) is 2.